The van der Waals surface area contributed by atoms with Gasteiger partial charge in [0.1, 0.15) is 0 Å². The van der Waals surface area contributed by atoms with Crippen LogP contribution in [-0.2, 0) is 6.42 Å². The molecule has 0 saturated heterocycles. The summed E-state index contributed by atoms with van der Waals surface area (Å²) in [6.07, 6.45) is 1.01. The number of hydrogen-bond acceptors (Lipinski definition) is 3. The van der Waals surface area contributed by atoms with Gasteiger partial charge < -0.3 is 5.32 Å². The fourth-order valence-electron chi connectivity index (χ4n) is 0.718. The first kappa shape index (κ1) is 6.55. The first-order chi connectivity index (χ1) is 4.38. The summed E-state index contributed by atoms with van der Waals surface area (Å²) in [5.41, 5.74) is 2.34. The topological polar surface area (TPSA) is 24.9 Å². The SMILES string of the molecule is CCc1nscc1NC. The summed E-state index contributed by atoms with van der Waals surface area (Å²) in [6.45, 7) is 2.11. The summed E-state index contributed by atoms with van der Waals surface area (Å²) in [6, 6.07) is 0. The van der Waals surface area contributed by atoms with Crippen LogP contribution in [0.4, 0.5) is 5.69 Å². The summed E-state index contributed by atoms with van der Waals surface area (Å²) in [5, 5.41) is 5.10. The van der Waals surface area contributed by atoms with Crippen molar-refractivity contribution < 1.29 is 0 Å². The minimum absolute atomic E-state index is 1.01. The second kappa shape index (κ2) is 2.82. The Balaban J connectivity index is 2.85. The number of aromatic nitrogens is 1. The van der Waals surface area contributed by atoms with Gasteiger partial charge in [0.15, 0.2) is 0 Å². The molecule has 0 bridgehead atoms. The van der Waals surface area contributed by atoms with Crippen LogP contribution in [0.1, 0.15) is 12.6 Å². The van der Waals surface area contributed by atoms with Gasteiger partial charge in [-0.1, -0.05) is 6.92 Å². The van der Waals surface area contributed by atoms with Crippen LogP contribution in [0.25, 0.3) is 0 Å². The van der Waals surface area contributed by atoms with Crippen molar-refractivity contribution in [2.75, 3.05) is 12.4 Å². The largest absolute Gasteiger partial charge is 0.386 e. The number of nitrogens with zero attached hydrogens (tertiary/aromatic N) is 1. The Morgan fingerprint density at radius 2 is 2.56 bits per heavy atom. The lowest BCUT2D eigenvalue weighted by molar-refractivity contribution is 1.09. The van der Waals surface area contributed by atoms with E-state index in [0.29, 0.717) is 0 Å². The van der Waals surface area contributed by atoms with Gasteiger partial charge in [-0.15, -0.1) is 0 Å². The van der Waals surface area contributed by atoms with Gasteiger partial charge >= 0.3 is 0 Å². The third kappa shape index (κ3) is 1.21. The van der Waals surface area contributed by atoms with E-state index in [1.165, 1.54) is 22.9 Å². The van der Waals surface area contributed by atoms with E-state index in [1.54, 1.807) is 0 Å². The number of nitrogens with one attached hydrogen (secondary N) is 1. The quantitative estimate of drug-likeness (QED) is 0.680. The maximum Gasteiger partial charge on any atom is 0.0770 e. The lowest BCUT2D eigenvalue weighted by Gasteiger charge is -1.94. The number of hydrogen-bond donors (Lipinski definition) is 1. The highest BCUT2D eigenvalue weighted by Gasteiger charge is 1.98. The molecule has 1 rings (SSSR count). The highest BCUT2D eigenvalue weighted by Crippen LogP contribution is 2.15. The summed E-state index contributed by atoms with van der Waals surface area (Å²) < 4.78 is 4.18. The lowest BCUT2D eigenvalue weighted by atomic mass is 10.3. The Morgan fingerprint density at radius 3 is 3.00 bits per heavy atom. The standard InChI is InChI=1S/C6H10N2S/c1-3-5-6(7-2)4-9-8-5/h4,7H,3H2,1-2H3. The molecular weight excluding hydrogens is 132 g/mol. The van der Waals surface area contributed by atoms with E-state index >= 15 is 0 Å². The molecule has 3 heteroatoms. The molecule has 1 aromatic heterocycles. The van der Waals surface area contributed by atoms with Crippen LogP contribution >= 0.6 is 11.5 Å². The van der Waals surface area contributed by atoms with Gasteiger partial charge in [0.25, 0.3) is 0 Å². The molecule has 0 atom stereocenters. The molecule has 0 radical (unpaired) electrons. The summed E-state index contributed by atoms with van der Waals surface area (Å²) >= 11 is 1.50. The van der Waals surface area contributed by atoms with Crippen molar-refractivity contribution in [2.45, 2.75) is 13.3 Å². The minimum Gasteiger partial charge on any atom is -0.386 e. The fourth-order valence-corrected chi connectivity index (χ4v) is 1.48. The van der Waals surface area contributed by atoms with Crippen LogP contribution in [0.15, 0.2) is 5.38 Å². The molecular formula is C6H10N2S. The Bertz CT molecular complexity index is 164. The molecule has 0 unspecified atom stereocenters. The minimum atomic E-state index is 1.01. The predicted molar refractivity (Wildman–Crippen MR) is 41.0 cm³/mol. The van der Waals surface area contributed by atoms with Crippen molar-refractivity contribution in [3.8, 4) is 0 Å². The highest BCUT2D eigenvalue weighted by atomic mass is 32.1. The van der Waals surface area contributed by atoms with E-state index in [-0.39, 0.29) is 0 Å². The first-order valence-corrected chi connectivity index (χ1v) is 3.83. The fraction of sp³-hybridized carbons (Fsp3) is 0.500. The Hall–Kier alpha value is -0.570. The second-order valence-corrected chi connectivity index (χ2v) is 2.41. The number of anilines is 1. The zero-order chi connectivity index (χ0) is 6.69. The average molecular weight is 142 g/mol. The molecule has 2 nitrogen and oxygen atoms in total. The average Bonchev–Trinajstić information content (AvgIpc) is 2.33. The summed E-state index contributed by atoms with van der Waals surface area (Å²) in [4.78, 5) is 0. The van der Waals surface area contributed by atoms with Crippen LogP contribution in [0, 0.1) is 0 Å². The van der Waals surface area contributed by atoms with E-state index in [9.17, 15) is 0 Å². The van der Waals surface area contributed by atoms with Crippen LogP contribution in [0.3, 0.4) is 0 Å². The Kier molecular flexibility index (Phi) is 2.05. The van der Waals surface area contributed by atoms with Crippen LogP contribution < -0.4 is 5.32 Å². The van der Waals surface area contributed by atoms with Gasteiger partial charge in [-0.05, 0) is 18.0 Å². The predicted octanol–water partition coefficient (Wildman–Crippen LogP) is 1.75. The van der Waals surface area contributed by atoms with Gasteiger partial charge in [0.05, 0.1) is 11.4 Å². The molecule has 0 aromatic carbocycles. The molecule has 0 aliphatic heterocycles. The molecule has 0 fully saturated rings. The maximum absolute atomic E-state index is 4.18. The molecule has 0 aliphatic carbocycles. The molecule has 0 saturated carbocycles. The first-order valence-electron chi connectivity index (χ1n) is 2.99. The van der Waals surface area contributed by atoms with E-state index in [0.717, 1.165) is 6.42 Å². The molecule has 1 aromatic rings. The van der Waals surface area contributed by atoms with Crippen molar-refractivity contribution in [2.24, 2.45) is 0 Å². The van der Waals surface area contributed by atoms with Gasteiger partial charge in [-0.2, -0.15) is 4.37 Å². The van der Waals surface area contributed by atoms with Crippen molar-refractivity contribution in [1.82, 2.24) is 4.37 Å². The van der Waals surface area contributed by atoms with Gasteiger partial charge in [-0.25, -0.2) is 0 Å². The number of rotatable bonds is 2. The Morgan fingerprint density at radius 1 is 1.78 bits per heavy atom. The smallest absolute Gasteiger partial charge is 0.0770 e. The monoisotopic (exact) mass is 142 g/mol. The molecule has 0 aliphatic rings. The summed E-state index contributed by atoms with van der Waals surface area (Å²) in [5.74, 6) is 0. The van der Waals surface area contributed by atoms with E-state index in [1.807, 2.05) is 12.4 Å². The summed E-state index contributed by atoms with van der Waals surface area (Å²) in [7, 11) is 1.92. The zero-order valence-corrected chi connectivity index (χ0v) is 6.46. The molecule has 0 spiro atoms. The highest BCUT2D eigenvalue weighted by molar-refractivity contribution is 7.04. The van der Waals surface area contributed by atoms with Crippen molar-refractivity contribution in [1.29, 1.82) is 0 Å². The van der Waals surface area contributed by atoms with Crippen molar-refractivity contribution in [3.05, 3.63) is 11.1 Å². The van der Waals surface area contributed by atoms with Crippen molar-refractivity contribution in [3.63, 3.8) is 0 Å². The third-order valence-corrected chi connectivity index (χ3v) is 1.92. The van der Waals surface area contributed by atoms with E-state index in [2.05, 4.69) is 16.6 Å². The molecule has 50 valence electrons. The van der Waals surface area contributed by atoms with E-state index in [4.69, 9.17) is 0 Å². The maximum atomic E-state index is 4.18. The normalized spacial score (nSPS) is 9.56. The van der Waals surface area contributed by atoms with Gasteiger partial charge in [-0.3, -0.25) is 0 Å². The number of aryl methyl sites for hydroxylation is 1. The zero-order valence-electron chi connectivity index (χ0n) is 5.64. The van der Waals surface area contributed by atoms with Gasteiger partial charge in [0, 0.05) is 12.4 Å². The van der Waals surface area contributed by atoms with Crippen molar-refractivity contribution >= 4 is 17.2 Å². The van der Waals surface area contributed by atoms with Crippen LogP contribution in [-0.4, -0.2) is 11.4 Å². The Labute approximate surface area is 59.1 Å². The lowest BCUT2D eigenvalue weighted by Crippen LogP contribution is -1.90. The van der Waals surface area contributed by atoms with Crippen LogP contribution in [0.2, 0.25) is 0 Å². The molecule has 1 heterocycles. The van der Waals surface area contributed by atoms with Crippen LogP contribution in [0.5, 0.6) is 0 Å². The molecule has 1 N–H and O–H groups in total. The molecule has 9 heavy (non-hydrogen) atoms. The third-order valence-electron chi connectivity index (χ3n) is 1.25. The van der Waals surface area contributed by atoms with Gasteiger partial charge in [0.2, 0.25) is 0 Å². The molecule has 0 amide bonds. The van der Waals surface area contributed by atoms with E-state index < -0.39 is 0 Å². The second-order valence-electron chi connectivity index (χ2n) is 1.78.